The van der Waals surface area contributed by atoms with Gasteiger partial charge >= 0.3 is 12.1 Å². The van der Waals surface area contributed by atoms with Crippen molar-refractivity contribution in [1.82, 2.24) is 15.1 Å². The van der Waals surface area contributed by atoms with E-state index in [4.69, 9.17) is 16.3 Å². The van der Waals surface area contributed by atoms with Crippen molar-refractivity contribution >= 4 is 29.8 Å². The first-order valence-electron chi connectivity index (χ1n) is 7.50. The zero-order chi connectivity index (χ0) is 16.7. The molecule has 0 bridgehead atoms. The molecule has 2 rings (SSSR count). The van der Waals surface area contributed by atoms with Gasteiger partial charge in [-0.05, 0) is 24.6 Å². The number of nitrogens with one attached hydrogen (secondary N) is 1. The summed E-state index contributed by atoms with van der Waals surface area (Å²) in [6.07, 6.45) is 2.99. The van der Waals surface area contributed by atoms with Crippen LogP contribution in [-0.2, 0) is 4.74 Å². The average molecular weight is 338 g/mol. The van der Waals surface area contributed by atoms with Gasteiger partial charge in [-0.15, -0.1) is 0 Å². The number of benzene rings is 1. The van der Waals surface area contributed by atoms with Gasteiger partial charge in [-0.1, -0.05) is 29.8 Å². The lowest BCUT2D eigenvalue weighted by atomic mass is 10.2. The van der Waals surface area contributed by atoms with Gasteiger partial charge in [0, 0.05) is 37.4 Å². The first kappa shape index (κ1) is 17.1. The fraction of sp³-hybridized carbons (Fsp3) is 0.375. The number of amides is 3. The molecule has 0 spiro atoms. The predicted octanol–water partition coefficient (Wildman–Crippen LogP) is 2.79. The molecule has 0 radical (unpaired) electrons. The largest absolute Gasteiger partial charge is 0.450 e. The van der Waals surface area contributed by atoms with E-state index in [1.165, 1.54) is 0 Å². The lowest BCUT2D eigenvalue weighted by Gasteiger charge is -2.33. The van der Waals surface area contributed by atoms with Gasteiger partial charge in [0.15, 0.2) is 0 Å². The number of nitrogens with zero attached hydrogens (tertiary/aromatic N) is 2. The molecule has 124 valence electrons. The zero-order valence-electron chi connectivity index (χ0n) is 13.0. The van der Waals surface area contributed by atoms with Crippen molar-refractivity contribution in [3.63, 3.8) is 0 Å². The van der Waals surface area contributed by atoms with Gasteiger partial charge in [0.1, 0.15) is 0 Å². The maximum atomic E-state index is 12.1. The Bertz CT molecular complexity index is 584. The van der Waals surface area contributed by atoms with Crippen molar-refractivity contribution in [2.45, 2.75) is 6.92 Å². The molecule has 6 nitrogen and oxygen atoms in total. The molecule has 7 heteroatoms. The summed E-state index contributed by atoms with van der Waals surface area (Å²) in [5, 5.41) is 3.34. The molecule has 1 fully saturated rings. The SMILES string of the molecule is CCOC(=O)N1CCN(C(=O)N/C=C/c2ccccc2Cl)CC1. The third-order valence-corrected chi connectivity index (χ3v) is 3.81. The highest BCUT2D eigenvalue weighted by molar-refractivity contribution is 6.32. The van der Waals surface area contributed by atoms with Crippen LogP contribution >= 0.6 is 11.6 Å². The molecule has 0 aromatic heterocycles. The zero-order valence-corrected chi connectivity index (χ0v) is 13.8. The van der Waals surface area contributed by atoms with Crippen molar-refractivity contribution in [2.24, 2.45) is 0 Å². The third-order valence-electron chi connectivity index (χ3n) is 3.47. The molecule has 1 aliphatic rings. The smallest absolute Gasteiger partial charge is 0.409 e. The standard InChI is InChI=1S/C16H20ClN3O3/c1-2-23-16(22)20-11-9-19(10-12-20)15(21)18-8-7-13-5-3-4-6-14(13)17/h3-8H,2,9-12H2,1H3,(H,18,21)/b8-7+. The number of halogens is 1. The van der Waals surface area contributed by atoms with Crippen LogP contribution in [0.1, 0.15) is 12.5 Å². The third kappa shape index (κ3) is 4.89. The van der Waals surface area contributed by atoms with Crippen LogP contribution in [0.3, 0.4) is 0 Å². The van der Waals surface area contributed by atoms with E-state index in [9.17, 15) is 9.59 Å². The summed E-state index contributed by atoms with van der Waals surface area (Å²) in [6.45, 7) is 4.02. The molecular formula is C16H20ClN3O3. The summed E-state index contributed by atoms with van der Waals surface area (Å²) < 4.78 is 4.95. The lowest BCUT2D eigenvalue weighted by Crippen LogP contribution is -2.52. The van der Waals surface area contributed by atoms with E-state index >= 15 is 0 Å². The Morgan fingerprint density at radius 2 is 1.87 bits per heavy atom. The van der Waals surface area contributed by atoms with E-state index < -0.39 is 0 Å². The molecule has 1 aliphatic heterocycles. The first-order chi connectivity index (χ1) is 11.1. The highest BCUT2D eigenvalue weighted by atomic mass is 35.5. The summed E-state index contributed by atoms with van der Waals surface area (Å²) in [5.41, 5.74) is 0.835. The van der Waals surface area contributed by atoms with Crippen molar-refractivity contribution in [2.75, 3.05) is 32.8 Å². The maximum absolute atomic E-state index is 12.1. The van der Waals surface area contributed by atoms with E-state index in [1.54, 1.807) is 35.1 Å². The van der Waals surface area contributed by atoms with Gasteiger partial charge in [-0.3, -0.25) is 0 Å². The van der Waals surface area contributed by atoms with Crippen LogP contribution in [0.25, 0.3) is 6.08 Å². The molecule has 1 N–H and O–H groups in total. The molecular weight excluding hydrogens is 318 g/mol. The Balaban J connectivity index is 1.79. The molecule has 0 aliphatic carbocycles. The van der Waals surface area contributed by atoms with Gasteiger partial charge in [0.05, 0.1) is 6.61 Å². The minimum atomic E-state index is -0.328. The van der Waals surface area contributed by atoms with E-state index in [-0.39, 0.29) is 12.1 Å². The summed E-state index contributed by atoms with van der Waals surface area (Å²) in [7, 11) is 0. The Morgan fingerprint density at radius 1 is 1.22 bits per heavy atom. The van der Waals surface area contributed by atoms with Crippen LogP contribution < -0.4 is 5.32 Å². The number of hydrogen-bond acceptors (Lipinski definition) is 3. The molecule has 1 aromatic carbocycles. The van der Waals surface area contributed by atoms with E-state index in [0.717, 1.165) is 5.56 Å². The van der Waals surface area contributed by atoms with Gasteiger partial charge in [-0.25, -0.2) is 9.59 Å². The van der Waals surface area contributed by atoms with Crippen LogP contribution in [0.15, 0.2) is 30.5 Å². The average Bonchev–Trinajstić information content (AvgIpc) is 2.57. The number of ether oxygens (including phenoxy) is 1. The lowest BCUT2D eigenvalue weighted by molar-refractivity contribution is 0.0856. The highest BCUT2D eigenvalue weighted by Crippen LogP contribution is 2.15. The Kier molecular flexibility index (Phi) is 6.29. The minimum absolute atomic E-state index is 0.197. The normalized spacial score (nSPS) is 14.9. The summed E-state index contributed by atoms with van der Waals surface area (Å²) in [4.78, 5) is 26.9. The van der Waals surface area contributed by atoms with Crippen molar-refractivity contribution in [1.29, 1.82) is 0 Å². The second-order valence-corrected chi connectivity index (χ2v) is 5.38. The molecule has 0 unspecified atom stereocenters. The molecule has 1 heterocycles. The van der Waals surface area contributed by atoms with Gasteiger partial charge < -0.3 is 19.9 Å². The second kappa shape index (κ2) is 8.43. The molecule has 1 aromatic rings. The highest BCUT2D eigenvalue weighted by Gasteiger charge is 2.24. The molecule has 1 saturated heterocycles. The number of carbonyl (C=O) groups is 2. The van der Waals surface area contributed by atoms with E-state index in [1.807, 2.05) is 18.2 Å². The number of piperazine rings is 1. The first-order valence-corrected chi connectivity index (χ1v) is 7.88. The quantitative estimate of drug-likeness (QED) is 0.922. The van der Waals surface area contributed by atoms with E-state index in [2.05, 4.69) is 5.32 Å². The fourth-order valence-electron chi connectivity index (χ4n) is 2.21. The topological polar surface area (TPSA) is 61.9 Å². The summed E-state index contributed by atoms with van der Waals surface area (Å²) in [6, 6.07) is 7.18. The van der Waals surface area contributed by atoms with Crippen LogP contribution in [0.5, 0.6) is 0 Å². The second-order valence-electron chi connectivity index (χ2n) is 4.98. The van der Waals surface area contributed by atoms with Crippen molar-refractivity contribution < 1.29 is 14.3 Å². The van der Waals surface area contributed by atoms with Crippen molar-refractivity contribution in [3.05, 3.63) is 41.1 Å². The van der Waals surface area contributed by atoms with Crippen LogP contribution in [0.4, 0.5) is 9.59 Å². The monoisotopic (exact) mass is 337 g/mol. The Labute approximate surface area is 140 Å². The van der Waals surface area contributed by atoms with Gasteiger partial charge in [-0.2, -0.15) is 0 Å². The number of rotatable bonds is 3. The minimum Gasteiger partial charge on any atom is -0.450 e. The predicted molar refractivity (Wildman–Crippen MR) is 89.2 cm³/mol. The van der Waals surface area contributed by atoms with E-state index in [0.29, 0.717) is 37.8 Å². The Hall–Kier alpha value is -2.21. The van der Waals surface area contributed by atoms with Crippen LogP contribution in [-0.4, -0.2) is 54.7 Å². The number of hydrogen-bond donors (Lipinski definition) is 1. The molecule has 0 saturated carbocycles. The summed E-state index contributed by atoms with van der Waals surface area (Å²) in [5.74, 6) is 0. The van der Waals surface area contributed by atoms with Crippen LogP contribution in [0.2, 0.25) is 5.02 Å². The van der Waals surface area contributed by atoms with Gasteiger partial charge in [0.2, 0.25) is 0 Å². The molecule has 3 amide bonds. The van der Waals surface area contributed by atoms with Crippen LogP contribution in [0, 0.1) is 0 Å². The molecule has 23 heavy (non-hydrogen) atoms. The summed E-state index contributed by atoms with van der Waals surface area (Å²) >= 11 is 6.04. The van der Waals surface area contributed by atoms with Crippen molar-refractivity contribution in [3.8, 4) is 0 Å². The van der Waals surface area contributed by atoms with Gasteiger partial charge in [0.25, 0.3) is 0 Å². The Morgan fingerprint density at radius 3 is 2.52 bits per heavy atom. The maximum Gasteiger partial charge on any atom is 0.409 e. The number of urea groups is 1. The fourth-order valence-corrected chi connectivity index (χ4v) is 2.41. The number of carbonyl (C=O) groups excluding carboxylic acids is 2. The molecule has 0 atom stereocenters.